The summed E-state index contributed by atoms with van der Waals surface area (Å²) in [6.45, 7) is 3.79. The Balaban J connectivity index is 1.89. The molecule has 0 bridgehead atoms. The maximum absolute atomic E-state index is 12.7. The lowest BCUT2D eigenvalue weighted by Crippen LogP contribution is -2.32. The van der Waals surface area contributed by atoms with Crippen LogP contribution in [-0.4, -0.2) is 28.4 Å². The average Bonchev–Trinajstić information content (AvgIpc) is 2.97. The second kappa shape index (κ2) is 5.10. The first kappa shape index (κ1) is 14.9. The summed E-state index contributed by atoms with van der Waals surface area (Å²) in [6.07, 6.45) is -2.39. The van der Waals surface area contributed by atoms with E-state index in [2.05, 4.69) is 10.4 Å². The SMILES string of the molecule is CC(C)n1nccc1C(=O)NCCC1(C(F)(F)F)CC1. The number of alkyl halides is 3. The molecule has 0 radical (unpaired) electrons. The molecule has 1 aliphatic carbocycles. The van der Waals surface area contributed by atoms with Gasteiger partial charge in [-0.1, -0.05) is 0 Å². The van der Waals surface area contributed by atoms with Crippen LogP contribution in [0.5, 0.6) is 0 Å². The van der Waals surface area contributed by atoms with Crippen molar-refractivity contribution in [1.82, 2.24) is 15.1 Å². The molecular formula is C13H18F3N3O. The summed E-state index contributed by atoms with van der Waals surface area (Å²) in [5, 5.41) is 6.57. The fourth-order valence-electron chi connectivity index (χ4n) is 2.24. The highest BCUT2D eigenvalue weighted by Crippen LogP contribution is 2.59. The van der Waals surface area contributed by atoms with Crippen molar-refractivity contribution >= 4 is 5.91 Å². The zero-order chi connectivity index (χ0) is 15.0. The van der Waals surface area contributed by atoms with Crippen molar-refractivity contribution in [1.29, 1.82) is 0 Å². The Kier molecular flexibility index (Phi) is 3.80. The molecule has 1 fully saturated rings. The third kappa shape index (κ3) is 2.81. The van der Waals surface area contributed by atoms with Gasteiger partial charge in [-0.25, -0.2) is 0 Å². The van der Waals surface area contributed by atoms with E-state index in [4.69, 9.17) is 0 Å². The average molecular weight is 289 g/mol. The van der Waals surface area contributed by atoms with Crippen LogP contribution in [-0.2, 0) is 0 Å². The molecule has 0 aromatic carbocycles. The quantitative estimate of drug-likeness (QED) is 0.906. The molecule has 0 atom stereocenters. The highest BCUT2D eigenvalue weighted by atomic mass is 19.4. The number of nitrogens with one attached hydrogen (secondary N) is 1. The monoisotopic (exact) mass is 289 g/mol. The van der Waals surface area contributed by atoms with Gasteiger partial charge < -0.3 is 5.32 Å². The lowest BCUT2D eigenvalue weighted by molar-refractivity contribution is -0.188. The van der Waals surface area contributed by atoms with Gasteiger partial charge in [0.2, 0.25) is 0 Å². The van der Waals surface area contributed by atoms with Crippen LogP contribution in [0.15, 0.2) is 12.3 Å². The van der Waals surface area contributed by atoms with Crippen molar-refractivity contribution in [3.63, 3.8) is 0 Å². The highest BCUT2D eigenvalue weighted by molar-refractivity contribution is 5.92. The number of hydrogen-bond donors (Lipinski definition) is 1. The third-order valence-corrected chi connectivity index (χ3v) is 3.74. The van der Waals surface area contributed by atoms with E-state index in [0.717, 1.165) is 0 Å². The summed E-state index contributed by atoms with van der Waals surface area (Å²) in [7, 11) is 0. The third-order valence-electron chi connectivity index (χ3n) is 3.74. The fourth-order valence-corrected chi connectivity index (χ4v) is 2.24. The highest BCUT2D eigenvalue weighted by Gasteiger charge is 2.62. The van der Waals surface area contributed by atoms with Gasteiger partial charge in [0.25, 0.3) is 5.91 Å². The second-order valence-electron chi connectivity index (χ2n) is 5.54. The van der Waals surface area contributed by atoms with Gasteiger partial charge in [0, 0.05) is 18.8 Å². The van der Waals surface area contributed by atoms with Gasteiger partial charge in [-0.05, 0) is 39.2 Å². The maximum Gasteiger partial charge on any atom is 0.394 e. The van der Waals surface area contributed by atoms with Crippen LogP contribution >= 0.6 is 0 Å². The minimum Gasteiger partial charge on any atom is -0.351 e. The van der Waals surface area contributed by atoms with E-state index < -0.39 is 11.6 Å². The molecular weight excluding hydrogens is 271 g/mol. The van der Waals surface area contributed by atoms with Crippen LogP contribution in [0.1, 0.15) is 49.6 Å². The summed E-state index contributed by atoms with van der Waals surface area (Å²) >= 11 is 0. The largest absolute Gasteiger partial charge is 0.394 e. The normalized spacial score (nSPS) is 17.3. The molecule has 0 aliphatic heterocycles. The van der Waals surface area contributed by atoms with Crippen molar-refractivity contribution in [2.45, 2.75) is 45.3 Å². The van der Waals surface area contributed by atoms with E-state index in [1.54, 1.807) is 10.7 Å². The predicted molar refractivity (Wildman–Crippen MR) is 67.3 cm³/mol. The number of hydrogen-bond acceptors (Lipinski definition) is 2. The molecule has 1 aromatic rings. The van der Waals surface area contributed by atoms with Gasteiger partial charge in [-0.2, -0.15) is 18.3 Å². The molecule has 0 spiro atoms. The Morgan fingerprint density at radius 3 is 2.65 bits per heavy atom. The Morgan fingerprint density at radius 2 is 2.15 bits per heavy atom. The summed E-state index contributed by atoms with van der Waals surface area (Å²) in [5.41, 5.74) is -1.20. The van der Waals surface area contributed by atoms with E-state index in [9.17, 15) is 18.0 Å². The smallest absolute Gasteiger partial charge is 0.351 e. The van der Waals surface area contributed by atoms with Gasteiger partial charge in [0.15, 0.2) is 0 Å². The van der Waals surface area contributed by atoms with Gasteiger partial charge in [-0.15, -0.1) is 0 Å². The van der Waals surface area contributed by atoms with E-state index in [1.165, 1.54) is 6.20 Å². The maximum atomic E-state index is 12.7. The van der Waals surface area contributed by atoms with E-state index >= 15 is 0 Å². The molecule has 0 unspecified atom stereocenters. The molecule has 1 aromatic heterocycles. The molecule has 1 amide bonds. The second-order valence-corrected chi connectivity index (χ2v) is 5.54. The Labute approximate surface area is 115 Å². The zero-order valence-corrected chi connectivity index (χ0v) is 11.5. The first-order valence-electron chi connectivity index (χ1n) is 6.65. The van der Waals surface area contributed by atoms with Crippen molar-refractivity contribution in [2.75, 3.05) is 6.54 Å². The van der Waals surface area contributed by atoms with Gasteiger partial charge in [-0.3, -0.25) is 9.48 Å². The van der Waals surface area contributed by atoms with Crippen LogP contribution in [0.3, 0.4) is 0 Å². The van der Waals surface area contributed by atoms with Crippen molar-refractivity contribution in [3.05, 3.63) is 18.0 Å². The molecule has 20 heavy (non-hydrogen) atoms. The molecule has 1 saturated carbocycles. The number of halogens is 3. The standard InChI is InChI=1S/C13H18F3N3O/c1-9(2)19-10(3-7-18-19)11(20)17-8-6-12(4-5-12)13(14,15)16/h3,7,9H,4-6,8H2,1-2H3,(H,17,20). The zero-order valence-electron chi connectivity index (χ0n) is 11.5. The van der Waals surface area contributed by atoms with Crippen LogP contribution in [0.25, 0.3) is 0 Å². The molecule has 1 N–H and O–H groups in total. The number of carbonyl (C=O) groups excluding carboxylic acids is 1. The molecule has 1 heterocycles. The van der Waals surface area contributed by atoms with E-state index in [-0.39, 0.29) is 37.8 Å². The summed E-state index contributed by atoms with van der Waals surface area (Å²) < 4.78 is 39.8. The number of amides is 1. The Hall–Kier alpha value is -1.53. The Morgan fingerprint density at radius 1 is 1.50 bits per heavy atom. The number of aromatic nitrogens is 2. The predicted octanol–water partition coefficient (Wildman–Crippen LogP) is 2.93. The molecule has 1 aliphatic rings. The summed E-state index contributed by atoms with van der Waals surface area (Å²) in [4.78, 5) is 11.9. The van der Waals surface area contributed by atoms with Gasteiger partial charge >= 0.3 is 6.18 Å². The number of nitrogens with zero attached hydrogens (tertiary/aromatic N) is 2. The number of carbonyl (C=O) groups is 1. The molecule has 2 rings (SSSR count). The minimum absolute atomic E-state index is 0.0238. The Bertz CT molecular complexity index is 489. The summed E-state index contributed by atoms with van der Waals surface area (Å²) in [5.74, 6) is -0.380. The topological polar surface area (TPSA) is 46.9 Å². The molecule has 112 valence electrons. The van der Waals surface area contributed by atoms with Crippen molar-refractivity contribution in [2.24, 2.45) is 5.41 Å². The van der Waals surface area contributed by atoms with Gasteiger partial charge in [0.05, 0.1) is 5.41 Å². The number of rotatable bonds is 5. The van der Waals surface area contributed by atoms with E-state index in [1.807, 2.05) is 13.8 Å². The molecule has 4 nitrogen and oxygen atoms in total. The fraction of sp³-hybridized carbons (Fsp3) is 0.692. The van der Waals surface area contributed by atoms with Crippen LogP contribution in [0.2, 0.25) is 0 Å². The van der Waals surface area contributed by atoms with Crippen molar-refractivity contribution < 1.29 is 18.0 Å². The lowest BCUT2D eigenvalue weighted by atomic mass is 10.0. The van der Waals surface area contributed by atoms with Crippen LogP contribution < -0.4 is 5.32 Å². The molecule has 0 saturated heterocycles. The van der Waals surface area contributed by atoms with E-state index in [0.29, 0.717) is 5.69 Å². The van der Waals surface area contributed by atoms with Crippen LogP contribution in [0.4, 0.5) is 13.2 Å². The first-order valence-corrected chi connectivity index (χ1v) is 6.65. The van der Waals surface area contributed by atoms with Crippen molar-refractivity contribution in [3.8, 4) is 0 Å². The minimum atomic E-state index is -4.17. The van der Waals surface area contributed by atoms with Crippen LogP contribution in [0, 0.1) is 5.41 Å². The lowest BCUT2D eigenvalue weighted by Gasteiger charge is -2.19. The summed E-state index contributed by atoms with van der Waals surface area (Å²) in [6, 6.07) is 1.59. The first-order chi connectivity index (χ1) is 9.27. The molecule has 7 heteroatoms. The van der Waals surface area contributed by atoms with Gasteiger partial charge in [0.1, 0.15) is 5.69 Å².